The van der Waals surface area contributed by atoms with Crippen molar-refractivity contribution in [2.75, 3.05) is 24.7 Å². The summed E-state index contributed by atoms with van der Waals surface area (Å²) < 4.78 is 5.91. The number of pyridine rings is 1. The Morgan fingerprint density at radius 3 is 3.00 bits per heavy atom. The van der Waals surface area contributed by atoms with Crippen LogP contribution in [-0.2, 0) is 11.2 Å². The van der Waals surface area contributed by atoms with Crippen LogP contribution >= 0.6 is 11.8 Å². The average Bonchev–Trinajstić information content (AvgIpc) is 2.45. The number of nitrogens with one attached hydrogen (secondary N) is 1. The maximum absolute atomic E-state index is 5.91. The Hall–Kier alpha value is -0.580. The van der Waals surface area contributed by atoms with Crippen LogP contribution < -0.4 is 5.32 Å². The third-order valence-electron chi connectivity index (χ3n) is 3.15. The van der Waals surface area contributed by atoms with Crippen molar-refractivity contribution in [2.45, 2.75) is 31.9 Å². The van der Waals surface area contributed by atoms with E-state index in [9.17, 15) is 0 Å². The Morgan fingerprint density at radius 1 is 1.50 bits per heavy atom. The molecular weight excluding hydrogens is 244 g/mol. The zero-order valence-corrected chi connectivity index (χ0v) is 11.8. The van der Waals surface area contributed by atoms with Crippen molar-refractivity contribution in [3.8, 4) is 0 Å². The zero-order valence-electron chi connectivity index (χ0n) is 11.0. The average molecular weight is 266 g/mol. The highest BCUT2D eigenvalue weighted by molar-refractivity contribution is 7.99. The number of hydrogen-bond donors (Lipinski definition) is 1. The van der Waals surface area contributed by atoms with Crippen LogP contribution in [0.25, 0.3) is 0 Å². The minimum absolute atomic E-state index is 0.337. The van der Waals surface area contributed by atoms with Gasteiger partial charge in [-0.15, -0.1) is 0 Å². The SMILES string of the molecule is CCCNC(Cc1ccncc1)C1CSCCO1. The largest absolute Gasteiger partial charge is 0.375 e. The third-order valence-corrected chi connectivity index (χ3v) is 4.17. The molecule has 0 aromatic carbocycles. The molecule has 0 aliphatic carbocycles. The molecule has 0 spiro atoms. The summed E-state index contributed by atoms with van der Waals surface area (Å²) in [6.45, 7) is 4.14. The number of aromatic nitrogens is 1. The highest BCUT2D eigenvalue weighted by Gasteiger charge is 2.24. The molecule has 2 atom stereocenters. The van der Waals surface area contributed by atoms with Crippen LogP contribution in [0.5, 0.6) is 0 Å². The van der Waals surface area contributed by atoms with Gasteiger partial charge in [0.1, 0.15) is 0 Å². The van der Waals surface area contributed by atoms with E-state index in [1.165, 1.54) is 5.56 Å². The van der Waals surface area contributed by atoms with Crippen molar-refractivity contribution in [3.63, 3.8) is 0 Å². The first-order valence-electron chi connectivity index (χ1n) is 6.71. The topological polar surface area (TPSA) is 34.2 Å². The molecule has 2 heterocycles. The molecule has 2 rings (SSSR count). The molecule has 1 saturated heterocycles. The van der Waals surface area contributed by atoms with Gasteiger partial charge >= 0.3 is 0 Å². The molecule has 1 aliphatic rings. The van der Waals surface area contributed by atoms with Crippen molar-refractivity contribution < 1.29 is 4.74 Å². The molecule has 2 unspecified atom stereocenters. The van der Waals surface area contributed by atoms with E-state index in [-0.39, 0.29) is 0 Å². The molecule has 1 aromatic rings. The Morgan fingerprint density at radius 2 is 2.33 bits per heavy atom. The quantitative estimate of drug-likeness (QED) is 0.855. The van der Waals surface area contributed by atoms with Gasteiger partial charge in [0.05, 0.1) is 12.7 Å². The Kier molecular flexibility index (Phi) is 5.97. The van der Waals surface area contributed by atoms with E-state index in [1.54, 1.807) is 0 Å². The second-order valence-corrected chi connectivity index (χ2v) is 5.75. The van der Waals surface area contributed by atoms with Crippen LogP contribution in [0.1, 0.15) is 18.9 Å². The van der Waals surface area contributed by atoms with Gasteiger partial charge < -0.3 is 10.1 Å². The lowest BCUT2D eigenvalue weighted by molar-refractivity contribution is 0.0472. The first-order valence-corrected chi connectivity index (χ1v) is 7.87. The van der Waals surface area contributed by atoms with E-state index in [0.717, 1.165) is 37.5 Å². The van der Waals surface area contributed by atoms with Gasteiger partial charge in [0, 0.05) is 29.9 Å². The maximum Gasteiger partial charge on any atom is 0.0821 e. The molecule has 1 aliphatic heterocycles. The van der Waals surface area contributed by atoms with Crippen molar-refractivity contribution >= 4 is 11.8 Å². The van der Waals surface area contributed by atoms with E-state index < -0.39 is 0 Å². The Balaban J connectivity index is 1.95. The van der Waals surface area contributed by atoms with E-state index in [2.05, 4.69) is 29.4 Å². The van der Waals surface area contributed by atoms with Gasteiger partial charge in [0.25, 0.3) is 0 Å². The summed E-state index contributed by atoms with van der Waals surface area (Å²) in [4.78, 5) is 4.07. The predicted octanol–water partition coefficient (Wildman–Crippen LogP) is 2.12. The Labute approximate surface area is 114 Å². The standard InChI is InChI=1S/C14H22N2OS/c1-2-5-16-13(14-11-18-9-8-17-14)10-12-3-6-15-7-4-12/h3-4,6-7,13-14,16H,2,5,8-11H2,1H3. The summed E-state index contributed by atoms with van der Waals surface area (Å²) in [7, 11) is 0. The number of thioether (sulfide) groups is 1. The number of nitrogens with zero attached hydrogens (tertiary/aromatic N) is 1. The molecule has 0 amide bonds. The van der Waals surface area contributed by atoms with Crippen LogP contribution in [0, 0.1) is 0 Å². The van der Waals surface area contributed by atoms with Crippen molar-refractivity contribution in [1.82, 2.24) is 10.3 Å². The van der Waals surface area contributed by atoms with E-state index in [0.29, 0.717) is 12.1 Å². The molecule has 0 radical (unpaired) electrons. The molecule has 18 heavy (non-hydrogen) atoms. The molecule has 1 N–H and O–H groups in total. The molecular formula is C14H22N2OS. The predicted molar refractivity (Wildman–Crippen MR) is 77.1 cm³/mol. The molecule has 0 bridgehead atoms. The maximum atomic E-state index is 5.91. The van der Waals surface area contributed by atoms with Crippen LogP contribution in [0.2, 0.25) is 0 Å². The molecule has 1 aromatic heterocycles. The minimum atomic E-state index is 0.337. The second-order valence-electron chi connectivity index (χ2n) is 4.60. The van der Waals surface area contributed by atoms with Crippen LogP contribution in [0.3, 0.4) is 0 Å². The summed E-state index contributed by atoms with van der Waals surface area (Å²) in [5.41, 5.74) is 1.33. The lowest BCUT2D eigenvalue weighted by Crippen LogP contribution is -2.46. The second kappa shape index (κ2) is 7.77. The van der Waals surface area contributed by atoms with Gasteiger partial charge in [0.2, 0.25) is 0 Å². The highest BCUT2D eigenvalue weighted by Crippen LogP contribution is 2.18. The summed E-state index contributed by atoms with van der Waals surface area (Å²) >= 11 is 2.00. The normalized spacial score (nSPS) is 21.7. The van der Waals surface area contributed by atoms with Crippen molar-refractivity contribution in [3.05, 3.63) is 30.1 Å². The molecule has 100 valence electrons. The first-order chi connectivity index (χ1) is 8.90. The lowest BCUT2D eigenvalue weighted by Gasteiger charge is -2.31. The third kappa shape index (κ3) is 4.26. The number of hydrogen-bond acceptors (Lipinski definition) is 4. The lowest BCUT2D eigenvalue weighted by atomic mass is 10.0. The van der Waals surface area contributed by atoms with Crippen molar-refractivity contribution in [1.29, 1.82) is 0 Å². The fraction of sp³-hybridized carbons (Fsp3) is 0.643. The van der Waals surface area contributed by atoms with Gasteiger partial charge in [-0.3, -0.25) is 4.98 Å². The molecule has 0 saturated carbocycles. The van der Waals surface area contributed by atoms with Gasteiger partial charge in [-0.05, 0) is 37.1 Å². The Bertz CT molecular complexity index is 328. The van der Waals surface area contributed by atoms with Crippen molar-refractivity contribution in [2.24, 2.45) is 0 Å². The van der Waals surface area contributed by atoms with Gasteiger partial charge in [0.15, 0.2) is 0 Å². The summed E-state index contributed by atoms with van der Waals surface area (Å²) in [6.07, 6.45) is 6.25. The van der Waals surface area contributed by atoms with Crippen LogP contribution in [-0.4, -0.2) is 41.8 Å². The van der Waals surface area contributed by atoms with Gasteiger partial charge in [-0.25, -0.2) is 0 Å². The summed E-state index contributed by atoms with van der Waals surface area (Å²) in [6, 6.07) is 4.60. The smallest absolute Gasteiger partial charge is 0.0821 e. The van der Waals surface area contributed by atoms with E-state index in [1.807, 2.05) is 24.2 Å². The fourth-order valence-electron chi connectivity index (χ4n) is 2.18. The number of rotatable bonds is 6. The fourth-order valence-corrected chi connectivity index (χ4v) is 3.12. The monoisotopic (exact) mass is 266 g/mol. The van der Waals surface area contributed by atoms with Crippen LogP contribution in [0.4, 0.5) is 0 Å². The van der Waals surface area contributed by atoms with E-state index in [4.69, 9.17) is 4.74 Å². The van der Waals surface area contributed by atoms with Gasteiger partial charge in [-0.1, -0.05) is 6.92 Å². The summed E-state index contributed by atoms with van der Waals surface area (Å²) in [5.74, 6) is 2.23. The molecule has 3 nitrogen and oxygen atoms in total. The number of ether oxygens (including phenoxy) is 1. The molecule has 1 fully saturated rings. The van der Waals surface area contributed by atoms with Gasteiger partial charge in [-0.2, -0.15) is 11.8 Å². The summed E-state index contributed by atoms with van der Waals surface area (Å²) in [5, 5.41) is 3.63. The highest BCUT2D eigenvalue weighted by atomic mass is 32.2. The minimum Gasteiger partial charge on any atom is -0.375 e. The zero-order chi connectivity index (χ0) is 12.6. The first kappa shape index (κ1) is 13.8. The van der Waals surface area contributed by atoms with Crippen LogP contribution in [0.15, 0.2) is 24.5 Å². The van der Waals surface area contributed by atoms with E-state index >= 15 is 0 Å². The molecule has 4 heteroatoms.